The Morgan fingerprint density at radius 1 is 1.32 bits per heavy atom. The molecule has 3 rings (SSSR count). The predicted octanol–water partition coefficient (Wildman–Crippen LogP) is 1.10. The highest BCUT2D eigenvalue weighted by Crippen LogP contribution is 2.30. The van der Waals surface area contributed by atoms with Gasteiger partial charge in [0.25, 0.3) is 0 Å². The van der Waals surface area contributed by atoms with Crippen molar-refractivity contribution in [2.45, 2.75) is 6.04 Å². The molecule has 1 aromatic heterocycles. The zero-order valence-electron chi connectivity index (χ0n) is 13.6. The van der Waals surface area contributed by atoms with Crippen molar-refractivity contribution >= 4 is 23.0 Å². The Kier molecular flexibility index (Phi) is 5.39. The van der Waals surface area contributed by atoms with Gasteiger partial charge in [-0.3, -0.25) is 0 Å². The standard InChI is InChI=1S/C15H18F2N6OS/c1-18-15(25)20-13(12-8-19-22-21-12)9-6-10(16)14(11(17)7-9)23-2-4-24-5-3-23/h6-8,13H,2-5H2,1H3,(H2,18,20,25)(H,19,21,22). The van der Waals surface area contributed by atoms with E-state index in [0.29, 0.717) is 42.7 Å². The predicted molar refractivity (Wildman–Crippen MR) is 92.4 cm³/mol. The smallest absolute Gasteiger partial charge is 0.166 e. The summed E-state index contributed by atoms with van der Waals surface area (Å²) in [4.78, 5) is 1.65. The van der Waals surface area contributed by atoms with Gasteiger partial charge in [0.1, 0.15) is 23.0 Å². The van der Waals surface area contributed by atoms with Crippen molar-refractivity contribution < 1.29 is 13.5 Å². The van der Waals surface area contributed by atoms with Gasteiger partial charge in [-0.1, -0.05) is 0 Å². The van der Waals surface area contributed by atoms with Crippen LogP contribution in [0.4, 0.5) is 14.5 Å². The summed E-state index contributed by atoms with van der Waals surface area (Å²) in [6.07, 6.45) is 1.47. The first-order valence-electron chi connectivity index (χ1n) is 7.75. The fourth-order valence-electron chi connectivity index (χ4n) is 2.72. The topological polar surface area (TPSA) is 78.1 Å². The number of morpholine rings is 1. The zero-order valence-corrected chi connectivity index (χ0v) is 14.4. The molecule has 1 aromatic carbocycles. The summed E-state index contributed by atoms with van der Waals surface area (Å²) >= 11 is 5.11. The first kappa shape index (κ1) is 17.5. The van der Waals surface area contributed by atoms with Crippen LogP contribution in [0.1, 0.15) is 17.3 Å². The van der Waals surface area contributed by atoms with Gasteiger partial charge in [0.2, 0.25) is 0 Å². The van der Waals surface area contributed by atoms with Gasteiger partial charge in [-0.25, -0.2) is 8.78 Å². The lowest BCUT2D eigenvalue weighted by Crippen LogP contribution is -2.38. The molecule has 1 unspecified atom stereocenters. The monoisotopic (exact) mass is 368 g/mol. The summed E-state index contributed by atoms with van der Waals surface area (Å²) in [6, 6.07) is 1.94. The van der Waals surface area contributed by atoms with Crippen molar-refractivity contribution in [3.05, 3.63) is 41.2 Å². The van der Waals surface area contributed by atoms with Crippen LogP contribution >= 0.6 is 12.2 Å². The lowest BCUT2D eigenvalue weighted by atomic mass is 10.0. The molecule has 1 fully saturated rings. The number of halogens is 2. The molecule has 7 nitrogen and oxygen atoms in total. The number of nitrogens with zero attached hydrogens (tertiary/aromatic N) is 3. The van der Waals surface area contributed by atoms with E-state index in [2.05, 4.69) is 26.0 Å². The number of hydrogen-bond acceptors (Lipinski definition) is 5. The van der Waals surface area contributed by atoms with Crippen molar-refractivity contribution in [2.75, 3.05) is 38.3 Å². The van der Waals surface area contributed by atoms with Gasteiger partial charge < -0.3 is 20.3 Å². The number of nitrogens with one attached hydrogen (secondary N) is 3. The van der Waals surface area contributed by atoms with E-state index in [0.717, 1.165) is 0 Å². The van der Waals surface area contributed by atoms with Crippen molar-refractivity contribution in [1.82, 2.24) is 26.0 Å². The molecule has 0 spiro atoms. The molecule has 1 aliphatic rings. The van der Waals surface area contributed by atoms with Crippen LogP contribution in [0, 0.1) is 11.6 Å². The zero-order chi connectivity index (χ0) is 17.8. The highest BCUT2D eigenvalue weighted by molar-refractivity contribution is 7.80. The van der Waals surface area contributed by atoms with E-state index in [1.54, 1.807) is 11.9 Å². The Labute approximate surface area is 148 Å². The highest BCUT2D eigenvalue weighted by atomic mass is 32.1. The molecule has 134 valence electrons. The molecule has 0 radical (unpaired) electrons. The molecular formula is C15H18F2N6OS. The fraction of sp³-hybridized carbons (Fsp3) is 0.400. The average molecular weight is 368 g/mol. The first-order chi connectivity index (χ1) is 12.1. The molecule has 1 saturated heterocycles. The molecule has 25 heavy (non-hydrogen) atoms. The van der Waals surface area contributed by atoms with Crippen molar-refractivity contribution in [3.63, 3.8) is 0 Å². The van der Waals surface area contributed by atoms with Crippen LogP contribution in [-0.4, -0.2) is 53.9 Å². The van der Waals surface area contributed by atoms with E-state index in [1.165, 1.54) is 18.3 Å². The number of benzene rings is 1. The largest absolute Gasteiger partial charge is 0.378 e. The molecule has 0 bridgehead atoms. The minimum atomic E-state index is -0.638. The number of thiocarbonyl (C=S) groups is 1. The number of rotatable bonds is 4. The van der Waals surface area contributed by atoms with Crippen LogP contribution in [0.3, 0.4) is 0 Å². The molecule has 0 aliphatic carbocycles. The lowest BCUT2D eigenvalue weighted by Gasteiger charge is -2.30. The Morgan fingerprint density at radius 2 is 2.00 bits per heavy atom. The highest BCUT2D eigenvalue weighted by Gasteiger charge is 2.24. The van der Waals surface area contributed by atoms with E-state index in [-0.39, 0.29) is 5.69 Å². The third-order valence-corrected chi connectivity index (χ3v) is 4.25. The Balaban J connectivity index is 1.95. The normalized spacial score (nSPS) is 15.7. The number of aromatic amines is 1. The third kappa shape index (κ3) is 3.85. The maximum atomic E-state index is 14.7. The SMILES string of the molecule is CNC(=S)NC(c1cc(F)c(N2CCOCC2)c(F)c1)c1cn[nH]n1. The van der Waals surface area contributed by atoms with Crippen LogP contribution in [-0.2, 0) is 4.74 Å². The van der Waals surface area contributed by atoms with E-state index >= 15 is 0 Å². The molecule has 1 aliphatic heterocycles. The number of aromatic nitrogens is 3. The molecule has 0 amide bonds. The molecular weight excluding hydrogens is 350 g/mol. The van der Waals surface area contributed by atoms with E-state index < -0.39 is 17.7 Å². The van der Waals surface area contributed by atoms with Gasteiger partial charge in [0.15, 0.2) is 5.11 Å². The van der Waals surface area contributed by atoms with Gasteiger partial charge in [0, 0.05) is 20.1 Å². The summed E-state index contributed by atoms with van der Waals surface area (Å²) < 4.78 is 34.6. The maximum Gasteiger partial charge on any atom is 0.166 e. The van der Waals surface area contributed by atoms with Crippen molar-refractivity contribution in [2.24, 2.45) is 0 Å². The van der Waals surface area contributed by atoms with Gasteiger partial charge >= 0.3 is 0 Å². The Bertz CT molecular complexity index is 713. The van der Waals surface area contributed by atoms with Crippen molar-refractivity contribution in [3.8, 4) is 0 Å². The van der Waals surface area contributed by atoms with Gasteiger partial charge in [-0.2, -0.15) is 15.4 Å². The quantitative estimate of drug-likeness (QED) is 0.698. The van der Waals surface area contributed by atoms with E-state index in [1.807, 2.05) is 0 Å². The number of hydrogen-bond donors (Lipinski definition) is 3. The number of ether oxygens (including phenoxy) is 1. The number of anilines is 1. The summed E-state index contributed by atoms with van der Waals surface area (Å²) in [5.74, 6) is -1.27. The van der Waals surface area contributed by atoms with Crippen LogP contribution in [0.25, 0.3) is 0 Å². The molecule has 3 N–H and O–H groups in total. The molecule has 2 heterocycles. The van der Waals surface area contributed by atoms with Crippen LogP contribution in [0.5, 0.6) is 0 Å². The third-order valence-electron chi connectivity index (χ3n) is 3.93. The van der Waals surface area contributed by atoms with Gasteiger partial charge in [-0.15, -0.1) is 0 Å². The van der Waals surface area contributed by atoms with Gasteiger partial charge in [0.05, 0.1) is 25.5 Å². The first-order valence-corrected chi connectivity index (χ1v) is 8.16. The van der Waals surface area contributed by atoms with Gasteiger partial charge in [-0.05, 0) is 29.9 Å². The fourth-order valence-corrected chi connectivity index (χ4v) is 2.84. The summed E-state index contributed by atoms with van der Waals surface area (Å²) in [5, 5.41) is 16.3. The van der Waals surface area contributed by atoms with Crippen LogP contribution in [0.15, 0.2) is 18.3 Å². The average Bonchev–Trinajstić information content (AvgIpc) is 3.14. The van der Waals surface area contributed by atoms with E-state index in [9.17, 15) is 8.78 Å². The summed E-state index contributed by atoms with van der Waals surface area (Å²) in [7, 11) is 1.65. The van der Waals surface area contributed by atoms with E-state index in [4.69, 9.17) is 17.0 Å². The number of H-pyrrole nitrogens is 1. The molecule has 10 heteroatoms. The molecule has 2 aromatic rings. The molecule has 0 saturated carbocycles. The second kappa shape index (κ2) is 7.70. The van der Waals surface area contributed by atoms with Crippen LogP contribution < -0.4 is 15.5 Å². The Morgan fingerprint density at radius 3 is 2.56 bits per heavy atom. The second-order valence-electron chi connectivity index (χ2n) is 5.48. The summed E-state index contributed by atoms with van der Waals surface area (Å²) in [5.41, 5.74) is 0.788. The van der Waals surface area contributed by atoms with Crippen LogP contribution in [0.2, 0.25) is 0 Å². The Hall–Kier alpha value is -2.33. The minimum absolute atomic E-state index is 0.0397. The molecule has 1 atom stereocenters. The summed E-state index contributed by atoms with van der Waals surface area (Å²) in [6.45, 7) is 1.78. The minimum Gasteiger partial charge on any atom is -0.378 e. The maximum absolute atomic E-state index is 14.7. The van der Waals surface area contributed by atoms with Crippen molar-refractivity contribution in [1.29, 1.82) is 0 Å². The second-order valence-corrected chi connectivity index (χ2v) is 5.89. The lowest BCUT2D eigenvalue weighted by molar-refractivity contribution is 0.122.